The minimum atomic E-state index is -0.999. The molecular formula is C22H21N3O4. The van der Waals surface area contributed by atoms with Crippen LogP contribution in [0.25, 0.3) is 10.9 Å². The SMILES string of the molecule is C=CCOC(=O)C1=C(C)OC(N)=C(C#N)[C@@H]1c1cc2ccc(C)c(C)c2[nH]c1=O. The number of aryl methyl sites for hydroxylation is 2. The van der Waals surface area contributed by atoms with Gasteiger partial charge in [0.15, 0.2) is 0 Å². The standard InChI is InChI=1S/C22H21N3O4/c1-5-8-28-22(27)17-13(4)29-20(24)16(10-23)18(17)15-9-14-7-6-11(2)12(3)19(14)25-21(15)26/h5-7,9,18H,1,8,24H2,2-4H3,(H,25,26)/t18-/m0/s1. The van der Waals surface area contributed by atoms with Crippen LogP contribution in [-0.4, -0.2) is 17.6 Å². The molecule has 1 aromatic heterocycles. The highest BCUT2D eigenvalue weighted by Gasteiger charge is 2.37. The number of benzene rings is 1. The third-order valence-corrected chi connectivity index (χ3v) is 5.05. The first kappa shape index (κ1) is 20.0. The number of fused-ring (bicyclic) bond motifs is 1. The highest BCUT2D eigenvalue weighted by Crippen LogP contribution is 2.39. The van der Waals surface area contributed by atoms with E-state index in [-0.39, 0.29) is 35.0 Å². The number of carbonyl (C=O) groups excluding carboxylic acids is 1. The quantitative estimate of drug-likeness (QED) is 0.611. The molecule has 1 aromatic carbocycles. The van der Waals surface area contributed by atoms with Crippen molar-refractivity contribution in [1.82, 2.24) is 4.98 Å². The van der Waals surface area contributed by atoms with Crippen LogP contribution in [0.1, 0.15) is 29.5 Å². The van der Waals surface area contributed by atoms with Crippen molar-refractivity contribution in [3.05, 3.63) is 80.7 Å². The van der Waals surface area contributed by atoms with Gasteiger partial charge in [-0.15, -0.1) is 0 Å². The van der Waals surface area contributed by atoms with Crippen LogP contribution in [0.4, 0.5) is 0 Å². The second-order valence-corrected chi connectivity index (χ2v) is 6.81. The Bertz CT molecular complexity index is 1190. The minimum Gasteiger partial charge on any atom is -0.458 e. The Hall–Kier alpha value is -3.79. The second-order valence-electron chi connectivity index (χ2n) is 6.81. The molecule has 0 amide bonds. The maximum absolute atomic E-state index is 13.0. The monoisotopic (exact) mass is 391 g/mol. The number of pyridine rings is 1. The van der Waals surface area contributed by atoms with Crippen LogP contribution >= 0.6 is 0 Å². The molecule has 0 radical (unpaired) electrons. The van der Waals surface area contributed by atoms with Crippen LogP contribution in [0, 0.1) is 25.2 Å². The van der Waals surface area contributed by atoms with Crippen LogP contribution in [0.5, 0.6) is 0 Å². The number of aromatic nitrogens is 1. The number of esters is 1. The fourth-order valence-electron chi connectivity index (χ4n) is 3.43. The number of allylic oxidation sites excluding steroid dienone is 2. The van der Waals surface area contributed by atoms with Gasteiger partial charge in [0.25, 0.3) is 5.56 Å². The maximum Gasteiger partial charge on any atom is 0.338 e. The van der Waals surface area contributed by atoms with E-state index in [2.05, 4.69) is 11.6 Å². The Balaban J connectivity index is 2.27. The van der Waals surface area contributed by atoms with E-state index in [4.69, 9.17) is 15.2 Å². The first-order chi connectivity index (χ1) is 13.8. The number of nitrogens with zero attached hydrogens (tertiary/aromatic N) is 1. The van der Waals surface area contributed by atoms with Crippen molar-refractivity contribution in [2.75, 3.05) is 6.61 Å². The summed E-state index contributed by atoms with van der Waals surface area (Å²) < 4.78 is 10.6. The van der Waals surface area contributed by atoms with Gasteiger partial charge in [-0.1, -0.05) is 24.8 Å². The van der Waals surface area contributed by atoms with Crippen molar-refractivity contribution < 1.29 is 14.3 Å². The molecule has 0 saturated carbocycles. The molecule has 0 unspecified atom stereocenters. The molecule has 1 atom stereocenters. The van der Waals surface area contributed by atoms with Crippen LogP contribution in [-0.2, 0) is 14.3 Å². The molecule has 148 valence electrons. The molecule has 1 aliphatic heterocycles. The minimum absolute atomic E-state index is 0.0179. The van der Waals surface area contributed by atoms with E-state index in [9.17, 15) is 14.9 Å². The zero-order valence-corrected chi connectivity index (χ0v) is 16.5. The Morgan fingerprint density at radius 3 is 2.79 bits per heavy atom. The summed E-state index contributed by atoms with van der Waals surface area (Å²) in [6, 6.07) is 7.47. The van der Waals surface area contributed by atoms with Gasteiger partial charge in [0.2, 0.25) is 5.88 Å². The molecule has 2 heterocycles. The van der Waals surface area contributed by atoms with Gasteiger partial charge in [-0.3, -0.25) is 4.79 Å². The zero-order chi connectivity index (χ0) is 21.3. The molecule has 0 saturated heterocycles. The number of nitrogens with one attached hydrogen (secondary N) is 1. The van der Waals surface area contributed by atoms with E-state index < -0.39 is 17.4 Å². The van der Waals surface area contributed by atoms with Gasteiger partial charge >= 0.3 is 5.97 Å². The van der Waals surface area contributed by atoms with Crippen LogP contribution in [0.2, 0.25) is 0 Å². The molecule has 2 aromatic rings. The van der Waals surface area contributed by atoms with Crippen molar-refractivity contribution in [1.29, 1.82) is 5.26 Å². The smallest absolute Gasteiger partial charge is 0.338 e. The zero-order valence-electron chi connectivity index (χ0n) is 16.5. The molecule has 29 heavy (non-hydrogen) atoms. The third kappa shape index (κ3) is 3.41. The fraction of sp³-hybridized carbons (Fsp3) is 0.227. The van der Waals surface area contributed by atoms with Crippen molar-refractivity contribution in [3.8, 4) is 6.07 Å². The molecule has 3 N–H and O–H groups in total. The number of carbonyl (C=O) groups is 1. The Morgan fingerprint density at radius 2 is 2.14 bits per heavy atom. The van der Waals surface area contributed by atoms with Gasteiger partial charge in [0, 0.05) is 5.56 Å². The van der Waals surface area contributed by atoms with Crippen LogP contribution in [0.3, 0.4) is 0 Å². The Morgan fingerprint density at radius 1 is 1.41 bits per heavy atom. The van der Waals surface area contributed by atoms with Gasteiger partial charge in [0.1, 0.15) is 24.0 Å². The van der Waals surface area contributed by atoms with Crippen molar-refractivity contribution in [2.45, 2.75) is 26.7 Å². The lowest BCUT2D eigenvalue weighted by atomic mass is 9.83. The maximum atomic E-state index is 13.0. The summed E-state index contributed by atoms with van der Waals surface area (Å²) in [6.07, 6.45) is 1.43. The van der Waals surface area contributed by atoms with Gasteiger partial charge in [-0.05, 0) is 43.4 Å². The molecule has 7 heteroatoms. The number of aromatic amines is 1. The lowest BCUT2D eigenvalue weighted by molar-refractivity contribution is -0.138. The number of hydrogen-bond donors (Lipinski definition) is 2. The normalized spacial score (nSPS) is 16.4. The average Bonchev–Trinajstić information content (AvgIpc) is 2.68. The highest BCUT2D eigenvalue weighted by molar-refractivity contribution is 5.93. The predicted molar refractivity (Wildman–Crippen MR) is 109 cm³/mol. The van der Waals surface area contributed by atoms with E-state index in [1.54, 1.807) is 13.0 Å². The number of hydrogen-bond acceptors (Lipinski definition) is 6. The van der Waals surface area contributed by atoms with Crippen molar-refractivity contribution >= 4 is 16.9 Å². The van der Waals surface area contributed by atoms with Gasteiger partial charge in [-0.2, -0.15) is 5.26 Å². The van der Waals surface area contributed by atoms with Gasteiger partial charge in [-0.25, -0.2) is 4.79 Å². The average molecular weight is 391 g/mol. The second kappa shape index (κ2) is 7.68. The number of nitriles is 1. The third-order valence-electron chi connectivity index (χ3n) is 5.05. The van der Waals surface area contributed by atoms with E-state index in [0.717, 1.165) is 16.5 Å². The van der Waals surface area contributed by atoms with Gasteiger partial charge in [0.05, 0.1) is 17.0 Å². The summed E-state index contributed by atoms with van der Waals surface area (Å²) in [6.45, 7) is 8.92. The van der Waals surface area contributed by atoms with Crippen LogP contribution < -0.4 is 11.3 Å². The number of ether oxygens (including phenoxy) is 2. The summed E-state index contributed by atoms with van der Waals surface area (Å²) >= 11 is 0. The number of nitrogens with two attached hydrogens (primary N) is 1. The Labute approximate surface area is 167 Å². The van der Waals surface area contributed by atoms with Gasteiger partial charge < -0.3 is 20.2 Å². The summed E-state index contributed by atoms with van der Waals surface area (Å²) in [7, 11) is 0. The molecule has 7 nitrogen and oxygen atoms in total. The first-order valence-corrected chi connectivity index (χ1v) is 8.99. The summed E-state index contributed by atoms with van der Waals surface area (Å²) in [5.41, 5.74) is 8.44. The molecule has 3 rings (SSSR count). The molecule has 0 bridgehead atoms. The lowest BCUT2D eigenvalue weighted by Gasteiger charge is -2.26. The topological polar surface area (TPSA) is 118 Å². The first-order valence-electron chi connectivity index (χ1n) is 8.99. The van der Waals surface area contributed by atoms with E-state index in [1.165, 1.54) is 6.08 Å². The molecule has 1 aliphatic rings. The van der Waals surface area contributed by atoms with E-state index in [1.807, 2.05) is 32.0 Å². The molecule has 0 fully saturated rings. The van der Waals surface area contributed by atoms with E-state index in [0.29, 0.717) is 5.52 Å². The number of rotatable bonds is 4. The van der Waals surface area contributed by atoms with Crippen molar-refractivity contribution in [3.63, 3.8) is 0 Å². The van der Waals surface area contributed by atoms with Crippen molar-refractivity contribution in [2.24, 2.45) is 5.73 Å². The number of H-pyrrole nitrogens is 1. The summed E-state index contributed by atoms with van der Waals surface area (Å²) in [5, 5.41) is 10.4. The lowest BCUT2D eigenvalue weighted by Crippen LogP contribution is -2.29. The fourth-order valence-corrected chi connectivity index (χ4v) is 3.43. The summed E-state index contributed by atoms with van der Waals surface area (Å²) in [4.78, 5) is 28.6. The molecular weight excluding hydrogens is 370 g/mol. The summed E-state index contributed by atoms with van der Waals surface area (Å²) in [5.74, 6) is -1.66. The highest BCUT2D eigenvalue weighted by atomic mass is 16.5. The molecule has 0 aliphatic carbocycles. The largest absolute Gasteiger partial charge is 0.458 e. The van der Waals surface area contributed by atoms with Crippen LogP contribution in [0.15, 0.2) is 58.4 Å². The predicted octanol–water partition coefficient (Wildman–Crippen LogP) is 2.96. The molecule has 0 spiro atoms. The van der Waals surface area contributed by atoms with E-state index >= 15 is 0 Å². The Kier molecular flexibility index (Phi) is 5.29.